The number of hydrogen-bond donors (Lipinski definition) is 1. The van der Waals surface area contributed by atoms with Gasteiger partial charge in [0, 0.05) is 32.5 Å². The number of likely N-dealkylation sites (tertiary alicyclic amines) is 1. The molecule has 0 bridgehead atoms. The number of nitrogens with two attached hydrogens (primary N) is 1. The summed E-state index contributed by atoms with van der Waals surface area (Å²) in [6.07, 6.45) is 3.57. The van der Waals surface area contributed by atoms with Crippen molar-refractivity contribution in [3.63, 3.8) is 0 Å². The van der Waals surface area contributed by atoms with Gasteiger partial charge in [-0.3, -0.25) is 4.79 Å². The summed E-state index contributed by atoms with van der Waals surface area (Å²) in [6, 6.07) is 8.15. The highest BCUT2D eigenvalue weighted by molar-refractivity contribution is 5.85. The Balaban J connectivity index is 0.00000288. The van der Waals surface area contributed by atoms with Gasteiger partial charge in [0.1, 0.15) is 11.9 Å². The number of benzene rings is 1. The van der Waals surface area contributed by atoms with Crippen molar-refractivity contribution >= 4 is 18.3 Å². The van der Waals surface area contributed by atoms with Crippen molar-refractivity contribution in [2.75, 3.05) is 19.6 Å². The Bertz CT molecular complexity index is 498. The van der Waals surface area contributed by atoms with Gasteiger partial charge in [0.25, 0.3) is 0 Å². The second-order valence-corrected chi connectivity index (χ2v) is 6.61. The monoisotopic (exact) mass is 354 g/mol. The second kappa shape index (κ2) is 9.28. The third kappa shape index (κ3) is 4.64. The fraction of sp³-hybridized carbons (Fsp3) is 0.632. The van der Waals surface area contributed by atoms with Gasteiger partial charge >= 0.3 is 0 Å². The maximum atomic E-state index is 12.8. The lowest BCUT2D eigenvalue weighted by Gasteiger charge is -2.39. The van der Waals surface area contributed by atoms with Crippen molar-refractivity contribution in [2.45, 2.75) is 52.6 Å². The maximum Gasteiger partial charge on any atom is 0.230 e. The van der Waals surface area contributed by atoms with Crippen LogP contribution in [0.2, 0.25) is 0 Å². The molecule has 0 spiro atoms. The van der Waals surface area contributed by atoms with E-state index < -0.39 is 0 Å². The Labute approximate surface area is 152 Å². The summed E-state index contributed by atoms with van der Waals surface area (Å²) in [5.41, 5.74) is 6.75. The van der Waals surface area contributed by atoms with Crippen LogP contribution in [0.1, 0.15) is 45.1 Å². The van der Waals surface area contributed by atoms with Gasteiger partial charge in [-0.05, 0) is 31.9 Å². The van der Waals surface area contributed by atoms with E-state index in [1.54, 1.807) is 0 Å². The van der Waals surface area contributed by atoms with Crippen LogP contribution in [0, 0.1) is 12.3 Å². The third-order valence-corrected chi connectivity index (χ3v) is 5.25. The molecule has 0 radical (unpaired) electrons. The SMILES string of the molecule is CCC(CC)(CN)C(=O)N1CCC(Oc2ccc(C)cc2)CC1.Cl. The largest absolute Gasteiger partial charge is 0.490 e. The maximum absolute atomic E-state index is 12.8. The van der Waals surface area contributed by atoms with Gasteiger partial charge in [0.15, 0.2) is 0 Å². The molecule has 1 heterocycles. The first-order valence-electron chi connectivity index (χ1n) is 8.77. The van der Waals surface area contributed by atoms with Gasteiger partial charge in [-0.2, -0.15) is 0 Å². The van der Waals surface area contributed by atoms with Gasteiger partial charge in [0.05, 0.1) is 5.41 Å². The fourth-order valence-electron chi connectivity index (χ4n) is 3.25. The van der Waals surface area contributed by atoms with Crippen LogP contribution in [0.3, 0.4) is 0 Å². The highest BCUT2D eigenvalue weighted by Gasteiger charge is 2.38. The third-order valence-electron chi connectivity index (χ3n) is 5.25. The van der Waals surface area contributed by atoms with Crippen molar-refractivity contribution in [1.29, 1.82) is 0 Å². The average molecular weight is 355 g/mol. The number of nitrogens with zero attached hydrogens (tertiary/aromatic N) is 1. The molecule has 5 heteroatoms. The number of amides is 1. The zero-order valence-corrected chi connectivity index (χ0v) is 15.9. The molecule has 0 atom stereocenters. The minimum atomic E-state index is -0.384. The van der Waals surface area contributed by atoms with Crippen molar-refractivity contribution in [1.82, 2.24) is 4.90 Å². The van der Waals surface area contributed by atoms with Crippen LogP contribution in [0.4, 0.5) is 0 Å². The van der Waals surface area contributed by atoms with Gasteiger partial charge in [-0.1, -0.05) is 31.5 Å². The van der Waals surface area contributed by atoms with E-state index in [0.29, 0.717) is 6.54 Å². The number of carbonyl (C=O) groups excluding carboxylic acids is 1. The Morgan fingerprint density at radius 2 is 1.75 bits per heavy atom. The number of aryl methyl sites for hydroxylation is 1. The topological polar surface area (TPSA) is 55.6 Å². The average Bonchev–Trinajstić information content (AvgIpc) is 2.59. The van der Waals surface area contributed by atoms with Gasteiger partial charge in [-0.25, -0.2) is 0 Å². The van der Waals surface area contributed by atoms with Gasteiger partial charge < -0.3 is 15.4 Å². The van der Waals surface area contributed by atoms with Crippen LogP contribution in [0.25, 0.3) is 0 Å². The molecular weight excluding hydrogens is 324 g/mol. The van der Waals surface area contributed by atoms with E-state index in [1.807, 2.05) is 17.0 Å². The fourth-order valence-corrected chi connectivity index (χ4v) is 3.25. The lowest BCUT2D eigenvalue weighted by Crippen LogP contribution is -2.51. The molecule has 2 N–H and O–H groups in total. The van der Waals surface area contributed by atoms with Crippen molar-refractivity contribution < 1.29 is 9.53 Å². The van der Waals surface area contributed by atoms with Crippen molar-refractivity contribution in [3.8, 4) is 5.75 Å². The number of hydrogen-bond acceptors (Lipinski definition) is 3. The highest BCUT2D eigenvalue weighted by Crippen LogP contribution is 2.29. The predicted molar refractivity (Wildman–Crippen MR) is 101 cm³/mol. The summed E-state index contributed by atoms with van der Waals surface area (Å²) in [4.78, 5) is 14.8. The summed E-state index contributed by atoms with van der Waals surface area (Å²) in [6.45, 7) is 8.13. The minimum Gasteiger partial charge on any atom is -0.490 e. The first-order chi connectivity index (χ1) is 11.0. The Kier molecular flexibility index (Phi) is 8.04. The molecule has 0 aromatic heterocycles. The Morgan fingerprint density at radius 3 is 2.21 bits per heavy atom. The summed E-state index contributed by atoms with van der Waals surface area (Å²) in [5, 5.41) is 0. The summed E-state index contributed by atoms with van der Waals surface area (Å²) in [5.74, 6) is 1.14. The molecule has 1 aromatic carbocycles. The summed E-state index contributed by atoms with van der Waals surface area (Å²) < 4.78 is 6.04. The van der Waals surface area contributed by atoms with Gasteiger partial charge in [0.2, 0.25) is 5.91 Å². The van der Waals surface area contributed by atoms with Crippen LogP contribution in [-0.4, -0.2) is 36.5 Å². The molecule has 0 unspecified atom stereocenters. The van der Waals surface area contributed by atoms with Gasteiger partial charge in [-0.15, -0.1) is 12.4 Å². The van der Waals surface area contributed by atoms with Crippen LogP contribution in [0.5, 0.6) is 5.75 Å². The van der Waals surface area contributed by atoms with E-state index >= 15 is 0 Å². The van der Waals surface area contributed by atoms with Crippen LogP contribution in [0.15, 0.2) is 24.3 Å². The highest BCUT2D eigenvalue weighted by atomic mass is 35.5. The molecule has 1 aliphatic heterocycles. The molecule has 1 amide bonds. The van der Waals surface area contributed by atoms with Crippen LogP contribution < -0.4 is 10.5 Å². The quantitative estimate of drug-likeness (QED) is 0.849. The Hall–Kier alpha value is -1.26. The van der Waals surface area contributed by atoms with Crippen molar-refractivity contribution in [3.05, 3.63) is 29.8 Å². The molecule has 1 aromatic rings. The zero-order chi connectivity index (χ0) is 16.9. The lowest BCUT2D eigenvalue weighted by atomic mass is 9.80. The number of piperidine rings is 1. The number of carbonyl (C=O) groups is 1. The van der Waals surface area contributed by atoms with Crippen molar-refractivity contribution in [2.24, 2.45) is 11.1 Å². The van der Waals surface area contributed by atoms with E-state index in [-0.39, 0.29) is 29.8 Å². The molecule has 1 fully saturated rings. The van der Waals surface area contributed by atoms with E-state index in [2.05, 4.69) is 32.9 Å². The Morgan fingerprint density at radius 1 is 1.21 bits per heavy atom. The summed E-state index contributed by atoms with van der Waals surface area (Å²) >= 11 is 0. The first kappa shape index (κ1) is 20.8. The number of ether oxygens (including phenoxy) is 1. The molecule has 0 saturated carbocycles. The normalized spacial score (nSPS) is 15.8. The molecule has 24 heavy (non-hydrogen) atoms. The van der Waals surface area contributed by atoms with Crippen LogP contribution in [-0.2, 0) is 4.79 Å². The predicted octanol–water partition coefficient (Wildman–Crippen LogP) is 3.55. The lowest BCUT2D eigenvalue weighted by molar-refractivity contribution is -0.144. The molecule has 1 saturated heterocycles. The van der Waals surface area contributed by atoms with Crippen LogP contribution >= 0.6 is 12.4 Å². The molecule has 136 valence electrons. The molecule has 1 aliphatic rings. The minimum absolute atomic E-state index is 0. The first-order valence-corrected chi connectivity index (χ1v) is 8.77. The second-order valence-electron chi connectivity index (χ2n) is 6.61. The van der Waals surface area contributed by atoms with E-state index in [1.165, 1.54) is 5.56 Å². The molecule has 2 rings (SSSR count). The van der Waals surface area contributed by atoms with E-state index in [9.17, 15) is 4.79 Å². The van der Waals surface area contributed by atoms with E-state index in [0.717, 1.165) is 44.5 Å². The molecule has 0 aliphatic carbocycles. The standard InChI is InChI=1S/C19H30N2O2.ClH/c1-4-19(5-2,14-20)18(22)21-12-10-17(11-13-21)23-16-8-6-15(3)7-9-16;/h6-9,17H,4-5,10-14,20H2,1-3H3;1H. The summed E-state index contributed by atoms with van der Waals surface area (Å²) in [7, 11) is 0. The number of rotatable bonds is 6. The molecule has 4 nitrogen and oxygen atoms in total. The van der Waals surface area contributed by atoms with E-state index in [4.69, 9.17) is 10.5 Å². The zero-order valence-electron chi connectivity index (χ0n) is 15.1. The molecular formula is C19H31ClN2O2. The smallest absolute Gasteiger partial charge is 0.230 e. The number of halogens is 1.